The molecular formula is C19H19N7S. The first-order valence-corrected chi connectivity index (χ1v) is 9.75. The van der Waals surface area contributed by atoms with Gasteiger partial charge >= 0.3 is 0 Å². The largest absolute Gasteiger partial charge is 0.341 e. The van der Waals surface area contributed by atoms with Crippen molar-refractivity contribution in [3.8, 4) is 11.8 Å². The number of aryl methyl sites for hydroxylation is 1. The summed E-state index contributed by atoms with van der Waals surface area (Å²) in [6.45, 7) is 4.06. The minimum atomic E-state index is 0.299. The molecule has 3 heterocycles. The van der Waals surface area contributed by atoms with E-state index in [1.165, 1.54) is 36.6 Å². The zero-order valence-corrected chi connectivity index (χ0v) is 15.9. The molecule has 1 aliphatic heterocycles. The molecule has 0 amide bonds. The van der Waals surface area contributed by atoms with Gasteiger partial charge in [0, 0.05) is 13.1 Å². The molecule has 0 unspecified atom stereocenters. The van der Waals surface area contributed by atoms with Gasteiger partial charge in [0.15, 0.2) is 5.69 Å². The molecule has 27 heavy (non-hydrogen) atoms. The van der Waals surface area contributed by atoms with Gasteiger partial charge in [-0.05, 0) is 62.2 Å². The molecule has 0 spiro atoms. The van der Waals surface area contributed by atoms with Crippen LogP contribution in [0.4, 0.5) is 5.95 Å². The van der Waals surface area contributed by atoms with E-state index in [1.54, 1.807) is 12.1 Å². The maximum Gasteiger partial charge on any atom is 0.232 e. The van der Waals surface area contributed by atoms with Crippen molar-refractivity contribution in [2.75, 3.05) is 18.0 Å². The van der Waals surface area contributed by atoms with Gasteiger partial charge in [-0.25, -0.2) is 0 Å². The summed E-state index contributed by atoms with van der Waals surface area (Å²) in [5, 5.41) is 27.2. The fourth-order valence-corrected chi connectivity index (χ4v) is 3.84. The lowest BCUT2D eigenvalue weighted by molar-refractivity contribution is 0.564. The van der Waals surface area contributed by atoms with Crippen molar-refractivity contribution in [2.24, 2.45) is 0 Å². The highest BCUT2D eigenvalue weighted by atomic mass is 32.2. The van der Waals surface area contributed by atoms with Crippen LogP contribution in [0.5, 0.6) is 0 Å². The number of nitriles is 1. The molecule has 0 bridgehead atoms. The van der Waals surface area contributed by atoms with E-state index >= 15 is 0 Å². The third-order valence-electron chi connectivity index (χ3n) is 4.50. The number of hydrogen-bond acceptors (Lipinski definition) is 7. The predicted octanol–water partition coefficient (Wildman–Crippen LogP) is 3.38. The Morgan fingerprint density at radius 1 is 0.926 bits per heavy atom. The summed E-state index contributed by atoms with van der Waals surface area (Å²) >= 11 is 1.40. The summed E-state index contributed by atoms with van der Waals surface area (Å²) in [6, 6.07) is 13.8. The van der Waals surface area contributed by atoms with Crippen LogP contribution < -0.4 is 4.90 Å². The van der Waals surface area contributed by atoms with Crippen molar-refractivity contribution in [2.45, 2.75) is 36.4 Å². The SMILES string of the molecule is Cc1ccc(-n2c(Sc3ccc(C#N)nn3)nnc2N2CCCCC2)cc1. The van der Waals surface area contributed by atoms with Crippen LogP contribution in [-0.4, -0.2) is 38.1 Å². The van der Waals surface area contributed by atoms with E-state index < -0.39 is 0 Å². The average molecular weight is 377 g/mol. The zero-order chi connectivity index (χ0) is 18.6. The molecule has 1 fully saturated rings. The van der Waals surface area contributed by atoms with Crippen LogP contribution in [0.3, 0.4) is 0 Å². The fourth-order valence-electron chi connectivity index (χ4n) is 3.07. The second-order valence-electron chi connectivity index (χ2n) is 6.47. The van der Waals surface area contributed by atoms with E-state index in [2.05, 4.69) is 61.1 Å². The number of anilines is 1. The lowest BCUT2D eigenvalue weighted by Crippen LogP contribution is -2.31. The quantitative estimate of drug-likeness (QED) is 0.689. The maximum absolute atomic E-state index is 8.89. The number of rotatable bonds is 4. The molecule has 136 valence electrons. The summed E-state index contributed by atoms with van der Waals surface area (Å²) in [7, 11) is 0. The van der Waals surface area contributed by atoms with Crippen molar-refractivity contribution in [1.29, 1.82) is 5.26 Å². The second-order valence-corrected chi connectivity index (χ2v) is 7.46. The van der Waals surface area contributed by atoms with Gasteiger partial charge in [-0.1, -0.05) is 17.7 Å². The van der Waals surface area contributed by atoms with E-state index in [1.807, 2.05) is 6.07 Å². The van der Waals surface area contributed by atoms with Gasteiger partial charge in [0.05, 0.1) is 5.69 Å². The summed E-state index contributed by atoms with van der Waals surface area (Å²) in [4.78, 5) is 2.30. The first kappa shape index (κ1) is 17.5. The number of hydrogen-bond donors (Lipinski definition) is 0. The van der Waals surface area contributed by atoms with E-state index in [-0.39, 0.29) is 0 Å². The molecular weight excluding hydrogens is 358 g/mol. The molecule has 1 aliphatic rings. The maximum atomic E-state index is 8.89. The molecule has 1 saturated heterocycles. The summed E-state index contributed by atoms with van der Waals surface area (Å²) in [5.41, 5.74) is 2.53. The van der Waals surface area contributed by atoms with Crippen LogP contribution in [0.2, 0.25) is 0 Å². The average Bonchev–Trinajstić information content (AvgIpc) is 3.13. The lowest BCUT2D eigenvalue weighted by Gasteiger charge is -2.27. The Labute approximate surface area is 162 Å². The molecule has 2 aromatic heterocycles. The van der Waals surface area contributed by atoms with E-state index in [0.29, 0.717) is 10.7 Å². The lowest BCUT2D eigenvalue weighted by atomic mass is 10.1. The van der Waals surface area contributed by atoms with Gasteiger partial charge in [-0.3, -0.25) is 4.57 Å². The highest BCUT2D eigenvalue weighted by molar-refractivity contribution is 7.99. The third kappa shape index (κ3) is 3.78. The Kier molecular flexibility index (Phi) is 5.03. The van der Waals surface area contributed by atoms with Crippen LogP contribution in [0.15, 0.2) is 46.6 Å². The van der Waals surface area contributed by atoms with Crippen LogP contribution in [0, 0.1) is 18.3 Å². The van der Waals surface area contributed by atoms with E-state index in [9.17, 15) is 0 Å². The molecule has 0 N–H and O–H groups in total. The normalized spacial score (nSPS) is 14.1. The van der Waals surface area contributed by atoms with Crippen LogP contribution in [0.25, 0.3) is 5.69 Å². The van der Waals surface area contributed by atoms with Crippen molar-refractivity contribution in [1.82, 2.24) is 25.0 Å². The molecule has 3 aromatic rings. The van der Waals surface area contributed by atoms with Crippen LogP contribution in [0.1, 0.15) is 30.5 Å². The fraction of sp³-hybridized carbons (Fsp3) is 0.316. The minimum Gasteiger partial charge on any atom is -0.341 e. The second kappa shape index (κ2) is 7.76. The van der Waals surface area contributed by atoms with Crippen molar-refractivity contribution in [3.05, 3.63) is 47.7 Å². The predicted molar refractivity (Wildman–Crippen MR) is 103 cm³/mol. The molecule has 1 aromatic carbocycles. The van der Waals surface area contributed by atoms with Gasteiger partial charge < -0.3 is 4.90 Å². The van der Waals surface area contributed by atoms with Gasteiger partial charge in [0.25, 0.3) is 0 Å². The molecule has 0 saturated carbocycles. The summed E-state index contributed by atoms with van der Waals surface area (Å²) in [5.74, 6) is 0.864. The molecule has 8 heteroatoms. The van der Waals surface area contributed by atoms with Gasteiger partial charge in [-0.15, -0.1) is 20.4 Å². The third-order valence-corrected chi connectivity index (χ3v) is 5.37. The Hall–Kier alpha value is -2.92. The van der Waals surface area contributed by atoms with Crippen molar-refractivity contribution >= 4 is 17.7 Å². The first-order valence-electron chi connectivity index (χ1n) is 8.94. The van der Waals surface area contributed by atoms with Crippen LogP contribution in [-0.2, 0) is 0 Å². The Balaban J connectivity index is 1.72. The van der Waals surface area contributed by atoms with Gasteiger partial charge in [0.2, 0.25) is 11.1 Å². The van der Waals surface area contributed by atoms with E-state index in [4.69, 9.17) is 5.26 Å². The molecule has 0 atom stereocenters. The van der Waals surface area contributed by atoms with E-state index in [0.717, 1.165) is 29.9 Å². The zero-order valence-electron chi connectivity index (χ0n) is 15.0. The molecule has 0 aliphatic carbocycles. The van der Waals surface area contributed by atoms with Crippen molar-refractivity contribution < 1.29 is 0 Å². The summed E-state index contributed by atoms with van der Waals surface area (Å²) in [6.07, 6.45) is 3.60. The Bertz CT molecular complexity index is 951. The highest BCUT2D eigenvalue weighted by Gasteiger charge is 2.22. The number of benzene rings is 1. The smallest absolute Gasteiger partial charge is 0.232 e. The van der Waals surface area contributed by atoms with Crippen molar-refractivity contribution in [3.63, 3.8) is 0 Å². The van der Waals surface area contributed by atoms with Gasteiger partial charge in [-0.2, -0.15) is 5.26 Å². The van der Waals surface area contributed by atoms with Gasteiger partial charge in [0.1, 0.15) is 11.1 Å². The number of aromatic nitrogens is 5. The minimum absolute atomic E-state index is 0.299. The van der Waals surface area contributed by atoms with Crippen LogP contribution >= 0.6 is 11.8 Å². The Morgan fingerprint density at radius 2 is 1.70 bits per heavy atom. The Morgan fingerprint density at radius 3 is 2.37 bits per heavy atom. The topological polar surface area (TPSA) is 83.5 Å². The standard InChI is InChI=1S/C19H19N7S/c1-14-5-8-16(9-6-14)26-18(25-11-3-2-4-12-25)23-24-19(26)27-17-10-7-15(13-20)21-22-17/h5-10H,2-4,11-12H2,1H3. The first-order chi connectivity index (χ1) is 13.2. The highest BCUT2D eigenvalue weighted by Crippen LogP contribution is 2.31. The number of nitrogens with zero attached hydrogens (tertiary/aromatic N) is 7. The molecule has 4 rings (SSSR count). The summed E-state index contributed by atoms with van der Waals surface area (Å²) < 4.78 is 2.08. The molecule has 0 radical (unpaired) electrons. The molecule has 7 nitrogen and oxygen atoms in total. The monoisotopic (exact) mass is 377 g/mol. The number of piperidine rings is 1.